The molecule has 0 unspecified atom stereocenters. The smallest absolute Gasteiger partial charge is 0.175 e. The predicted molar refractivity (Wildman–Crippen MR) is 83.7 cm³/mol. The molecule has 0 aliphatic heterocycles. The number of hydrogen-bond donors (Lipinski definition) is 1. The van der Waals surface area contributed by atoms with E-state index in [1.807, 2.05) is 13.0 Å². The largest absolute Gasteiger partial charge is 0.456 e. The van der Waals surface area contributed by atoms with Crippen LogP contribution in [0.25, 0.3) is 0 Å². The number of sulfone groups is 1. The zero-order chi connectivity index (χ0) is 15.6. The molecule has 0 amide bonds. The molecule has 0 heterocycles. The lowest BCUT2D eigenvalue weighted by atomic mass is 10.1. The van der Waals surface area contributed by atoms with Crippen LogP contribution in [0.5, 0.6) is 11.5 Å². The van der Waals surface area contributed by atoms with Gasteiger partial charge in [-0.05, 0) is 48.9 Å². The molecule has 6 heteroatoms. The van der Waals surface area contributed by atoms with E-state index in [2.05, 4.69) is 0 Å². The molecule has 112 valence electrons. The van der Waals surface area contributed by atoms with E-state index in [-0.39, 0.29) is 10.9 Å². The van der Waals surface area contributed by atoms with Gasteiger partial charge in [0.05, 0.1) is 9.92 Å². The molecule has 0 saturated heterocycles. The van der Waals surface area contributed by atoms with Crippen molar-refractivity contribution < 1.29 is 13.2 Å². The Morgan fingerprint density at radius 3 is 2.24 bits per heavy atom. The number of rotatable bonds is 4. The molecule has 1 atom stereocenters. The summed E-state index contributed by atoms with van der Waals surface area (Å²) >= 11 is 6.15. The Morgan fingerprint density at radius 2 is 1.76 bits per heavy atom. The number of nitrogens with two attached hydrogens (primary N) is 1. The van der Waals surface area contributed by atoms with E-state index < -0.39 is 9.84 Å². The Kier molecular flexibility index (Phi) is 4.56. The van der Waals surface area contributed by atoms with Gasteiger partial charge in [0, 0.05) is 12.3 Å². The fourth-order valence-electron chi connectivity index (χ4n) is 1.76. The van der Waals surface area contributed by atoms with Crippen molar-refractivity contribution in [3.8, 4) is 11.5 Å². The first-order chi connectivity index (χ1) is 9.77. The van der Waals surface area contributed by atoms with Crippen LogP contribution in [-0.4, -0.2) is 14.7 Å². The summed E-state index contributed by atoms with van der Waals surface area (Å²) in [6.07, 6.45) is 1.16. The van der Waals surface area contributed by atoms with Crippen LogP contribution in [0.1, 0.15) is 18.5 Å². The molecule has 2 aromatic rings. The molecule has 0 aliphatic rings. The number of ether oxygens (including phenoxy) is 1. The molecule has 0 radical (unpaired) electrons. The molecule has 0 spiro atoms. The minimum absolute atomic E-state index is 0.106. The number of benzene rings is 2. The Bertz CT molecular complexity index is 740. The zero-order valence-corrected chi connectivity index (χ0v) is 13.3. The molecule has 0 bridgehead atoms. The van der Waals surface area contributed by atoms with Crippen LogP contribution < -0.4 is 10.5 Å². The van der Waals surface area contributed by atoms with Crippen molar-refractivity contribution in [1.29, 1.82) is 0 Å². The summed E-state index contributed by atoms with van der Waals surface area (Å²) in [6, 6.07) is 11.4. The minimum Gasteiger partial charge on any atom is -0.456 e. The molecule has 0 saturated carbocycles. The van der Waals surface area contributed by atoms with Gasteiger partial charge in [0.15, 0.2) is 9.84 Å². The molecule has 2 rings (SSSR count). The summed E-state index contributed by atoms with van der Waals surface area (Å²) in [4.78, 5) is 0.244. The third kappa shape index (κ3) is 3.97. The van der Waals surface area contributed by atoms with Gasteiger partial charge in [-0.1, -0.05) is 17.7 Å². The summed E-state index contributed by atoms with van der Waals surface area (Å²) in [5, 5.41) is 0.456. The average Bonchev–Trinajstić information content (AvgIpc) is 2.40. The summed E-state index contributed by atoms with van der Waals surface area (Å²) < 4.78 is 28.4. The van der Waals surface area contributed by atoms with Gasteiger partial charge in [0.1, 0.15) is 11.5 Å². The third-order valence-corrected chi connectivity index (χ3v) is 4.39. The minimum atomic E-state index is -3.21. The van der Waals surface area contributed by atoms with Gasteiger partial charge < -0.3 is 10.5 Å². The van der Waals surface area contributed by atoms with Crippen molar-refractivity contribution in [2.75, 3.05) is 6.26 Å². The van der Waals surface area contributed by atoms with E-state index in [1.54, 1.807) is 24.3 Å². The average molecular weight is 326 g/mol. The number of halogens is 1. The molecule has 0 aromatic heterocycles. The number of hydrogen-bond acceptors (Lipinski definition) is 4. The molecular weight excluding hydrogens is 310 g/mol. The zero-order valence-electron chi connectivity index (χ0n) is 11.7. The third-order valence-electron chi connectivity index (χ3n) is 2.96. The maximum Gasteiger partial charge on any atom is 0.175 e. The summed E-state index contributed by atoms with van der Waals surface area (Å²) in [5.74, 6) is 1.01. The van der Waals surface area contributed by atoms with Gasteiger partial charge in [-0.25, -0.2) is 8.42 Å². The van der Waals surface area contributed by atoms with E-state index in [0.29, 0.717) is 16.5 Å². The van der Waals surface area contributed by atoms with Crippen molar-refractivity contribution in [2.45, 2.75) is 17.9 Å². The van der Waals surface area contributed by atoms with E-state index in [1.165, 1.54) is 12.1 Å². The van der Waals surface area contributed by atoms with Crippen LogP contribution in [0.2, 0.25) is 5.02 Å². The summed E-state index contributed by atoms with van der Waals surface area (Å²) in [6.45, 7) is 1.87. The van der Waals surface area contributed by atoms with Crippen LogP contribution in [-0.2, 0) is 9.84 Å². The topological polar surface area (TPSA) is 69.4 Å². The highest BCUT2D eigenvalue weighted by Crippen LogP contribution is 2.31. The first-order valence-electron chi connectivity index (χ1n) is 6.30. The molecule has 2 aromatic carbocycles. The molecule has 21 heavy (non-hydrogen) atoms. The van der Waals surface area contributed by atoms with Gasteiger partial charge in [-0.15, -0.1) is 0 Å². The highest BCUT2D eigenvalue weighted by molar-refractivity contribution is 7.90. The van der Waals surface area contributed by atoms with Gasteiger partial charge in [0.2, 0.25) is 0 Å². The van der Waals surface area contributed by atoms with Crippen molar-refractivity contribution in [1.82, 2.24) is 0 Å². The lowest BCUT2D eigenvalue weighted by molar-refractivity contribution is 0.482. The normalized spacial score (nSPS) is 13.0. The van der Waals surface area contributed by atoms with Crippen LogP contribution in [0.3, 0.4) is 0 Å². The van der Waals surface area contributed by atoms with E-state index >= 15 is 0 Å². The lowest BCUT2D eigenvalue weighted by Crippen LogP contribution is -2.04. The van der Waals surface area contributed by atoms with Gasteiger partial charge in [-0.2, -0.15) is 0 Å². The molecule has 2 N–H and O–H groups in total. The van der Waals surface area contributed by atoms with Crippen LogP contribution >= 0.6 is 11.6 Å². The predicted octanol–water partition coefficient (Wildman–Crippen LogP) is 3.56. The van der Waals surface area contributed by atoms with Crippen molar-refractivity contribution in [3.05, 3.63) is 53.1 Å². The van der Waals surface area contributed by atoms with E-state index in [0.717, 1.165) is 11.8 Å². The van der Waals surface area contributed by atoms with Crippen molar-refractivity contribution in [2.24, 2.45) is 5.73 Å². The first-order valence-corrected chi connectivity index (χ1v) is 8.57. The maximum absolute atomic E-state index is 11.4. The Hall–Kier alpha value is -1.56. The Balaban J connectivity index is 2.22. The molecule has 0 aliphatic carbocycles. The van der Waals surface area contributed by atoms with E-state index in [9.17, 15) is 8.42 Å². The van der Waals surface area contributed by atoms with Crippen molar-refractivity contribution in [3.63, 3.8) is 0 Å². The van der Waals surface area contributed by atoms with Crippen LogP contribution in [0, 0.1) is 0 Å². The highest BCUT2D eigenvalue weighted by atomic mass is 35.5. The molecule has 4 nitrogen and oxygen atoms in total. The fraction of sp³-hybridized carbons (Fsp3) is 0.200. The second-order valence-electron chi connectivity index (χ2n) is 4.82. The van der Waals surface area contributed by atoms with Crippen molar-refractivity contribution >= 4 is 21.4 Å². The van der Waals surface area contributed by atoms with Gasteiger partial charge in [-0.3, -0.25) is 0 Å². The Labute approximate surface area is 129 Å². The standard InChI is InChI=1S/C15H16ClNO3S/c1-10(17)11-3-8-15(14(16)9-11)20-12-4-6-13(7-5-12)21(2,18)19/h3-10H,17H2,1-2H3/t10-/m1/s1. The van der Waals surface area contributed by atoms with Crippen LogP contribution in [0.4, 0.5) is 0 Å². The quantitative estimate of drug-likeness (QED) is 0.933. The summed E-state index contributed by atoms with van der Waals surface area (Å²) in [5.41, 5.74) is 6.70. The van der Waals surface area contributed by atoms with Gasteiger partial charge >= 0.3 is 0 Å². The monoisotopic (exact) mass is 325 g/mol. The molecular formula is C15H16ClNO3S. The lowest BCUT2D eigenvalue weighted by Gasteiger charge is -2.11. The summed E-state index contributed by atoms with van der Waals surface area (Å²) in [7, 11) is -3.21. The van der Waals surface area contributed by atoms with E-state index in [4.69, 9.17) is 22.1 Å². The second-order valence-corrected chi connectivity index (χ2v) is 7.25. The fourth-order valence-corrected chi connectivity index (χ4v) is 2.62. The first kappa shape index (κ1) is 15.8. The van der Waals surface area contributed by atoms with Crippen LogP contribution in [0.15, 0.2) is 47.4 Å². The SMILES string of the molecule is C[C@@H](N)c1ccc(Oc2ccc(S(C)(=O)=O)cc2)c(Cl)c1. The Morgan fingerprint density at radius 1 is 1.14 bits per heavy atom. The van der Waals surface area contributed by atoms with Gasteiger partial charge in [0.25, 0.3) is 0 Å². The maximum atomic E-state index is 11.4. The molecule has 0 fully saturated rings. The second kappa shape index (κ2) is 6.05. The highest BCUT2D eigenvalue weighted by Gasteiger charge is 2.09.